The molecule has 3 N–H and O–H groups in total. The third-order valence-electron chi connectivity index (χ3n) is 4.09. The molecule has 0 bridgehead atoms. The highest BCUT2D eigenvalue weighted by molar-refractivity contribution is 6.30. The van der Waals surface area contributed by atoms with Gasteiger partial charge in [-0.3, -0.25) is 4.98 Å². The lowest BCUT2D eigenvalue weighted by Gasteiger charge is -2.20. The number of hydrogen-bond acceptors (Lipinski definition) is 6. The van der Waals surface area contributed by atoms with Crippen LogP contribution in [0.15, 0.2) is 54.7 Å². The van der Waals surface area contributed by atoms with Crippen LogP contribution < -0.4 is 10.6 Å². The smallest absolute Gasteiger partial charge is 0.225 e. The molecule has 6 nitrogen and oxygen atoms in total. The van der Waals surface area contributed by atoms with Crippen molar-refractivity contribution in [1.29, 1.82) is 0 Å². The zero-order valence-electron chi connectivity index (χ0n) is 15.2. The summed E-state index contributed by atoms with van der Waals surface area (Å²) in [6.45, 7) is 4.06. The molecule has 2 heterocycles. The first-order valence-corrected chi connectivity index (χ1v) is 9.13. The molecule has 0 amide bonds. The number of aliphatic hydroxyl groups is 1. The molecule has 0 fully saturated rings. The molecule has 0 aliphatic heterocycles. The molecular formula is C20H22ClN5O. The largest absolute Gasteiger partial charge is 0.394 e. The van der Waals surface area contributed by atoms with E-state index in [0.29, 0.717) is 22.5 Å². The maximum Gasteiger partial charge on any atom is 0.225 e. The molecule has 0 aliphatic rings. The molecule has 0 unspecified atom stereocenters. The third-order valence-corrected chi connectivity index (χ3v) is 4.34. The molecule has 3 aromatic rings. The molecule has 0 saturated carbocycles. The van der Waals surface area contributed by atoms with Crippen molar-refractivity contribution in [3.8, 4) is 11.4 Å². The van der Waals surface area contributed by atoms with Crippen molar-refractivity contribution in [2.75, 3.05) is 17.2 Å². The number of nitrogens with zero attached hydrogens (tertiary/aromatic N) is 3. The maximum absolute atomic E-state index is 9.62. The molecule has 0 spiro atoms. The normalized spacial score (nSPS) is 12.0. The summed E-state index contributed by atoms with van der Waals surface area (Å²) in [5.74, 6) is 1.28. The van der Waals surface area contributed by atoms with E-state index in [1.807, 2.05) is 62.4 Å². The van der Waals surface area contributed by atoms with Crippen molar-refractivity contribution in [2.24, 2.45) is 5.92 Å². The number of pyridine rings is 1. The van der Waals surface area contributed by atoms with E-state index in [1.165, 1.54) is 0 Å². The first kappa shape index (κ1) is 19.1. The summed E-state index contributed by atoms with van der Waals surface area (Å²) in [6, 6.07) is 14.7. The second kappa shape index (κ2) is 8.79. The van der Waals surface area contributed by atoms with Crippen LogP contribution >= 0.6 is 11.6 Å². The standard InChI is InChI=1S/C20H22ClN5O/c1-13(2)18(12-27)25-20-24-17(16-5-3-4-10-22-16)11-19(26-20)23-15-8-6-14(21)7-9-15/h3-11,13,18,27H,12H2,1-2H3,(H2,23,24,25,26)/t18-/m1/s1. The minimum Gasteiger partial charge on any atom is -0.394 e. The molecule has 1 atom stereocenters. The molecule has 1 aromatic carbocycles. The fourth-order valence-corrected chi connectivity index (χ4v) is 2.62. The SMILES string of the molecule is CC(C)[C@@H](CO)Nc1nc(Nc2ccc(Cl)cc2)cc(-c2ccccn2)n1. The molecular weight excluding hydrogens is 362 g/mol. The topological polar surface area (TPSA) is 83.0 Å². The summed E-state index contributed by atoms with van der Waals surface area (Å²) in [6.07, 6.45) is 1.72. The number of nitrogens with one attached hydrogen (secondary N) is 2. The number of hydrogen-bond donors (Lipinski definition) is 3. The Morgan fingerprint density at radius 2 is 1.81 bits per heavy atom. The van der Waals surface area contributed by atoms with Crippen molar-refractivity contribution in [3.05, 3.63) is 59.8 Å². The van der Waals surface area contributed by atoms with Gasteiger partial charge in [0, 0.05) is 23.0 Å². The minimum absolute atomic E-state index is 0.00517. The van der Waals surface area contributed by atoms with Crippen LogP contribution in [0.1, 0.15) is 13.8 Å². The Labute approximate surface area is 163 Å². The van der Waals surface area contributed by atoms with Crippen molar-refractivity contribution in [3.63, 3.8) is 0 Å². The Hall–Kier alpha value is -2.70. The number of aliphatic hydroxyl groups excluding tert-OH is 1. The van der Waals surface area contributed by atoms with Gasteiger partial charge in [0.05, 0.1) is 24.0 Å². The van der Waals surface area contributed by atoms with Gasteiger partial charge in [0.2, 0.25) is 5.95 Å². The van der Waals surface area contributed by atoms with Gasteiger partial charge in [-0.1, -0.05) is 31.5 Å². The van der Waals surface area contributed by atoms with E-state index in [2.05, 4.69) is 25.6 Å². The van der Waals surface area contributed by atoms with E-state index in [0.717, 1.165) is 11.4 Å². The van der Waals surface area contributed by atoms with E-state index in [4.69, 9.17) is 11.6 Å². The van der Waals surface area contributed by atoms with Gasteiger partial charge < -0.3 is 15.7 Å². The highest BCUT2D eigenvalue weighted by Gasteiger charge is 2.15. The van der Waals surface area contributed by atoms with Crippen LogP contribution in [-0.4, -0.2) is 32.7 Å². The van der Waals surface area contributed by atoms with E-state index in [9.17, 15) is 5.11 Å². The fraction of sp³-hybridized carbons (Fsp3) is 0.250. The van der Waals surface area contributed by atoms with E-state index in [1.54, 1.807) is 6.20 Å². The quantitative estimate of drug-likeness (QED) is 0.562. The summed E-state index contributed by atoms with van der Waals surface area (Å²) < 4.78 is 0. The Balaban J connectivity index is 1.96. The molecule has 0 saturated heterocycles. The highest BCUT2D eigenvalue weighted by atomic mass is 35.5. The molecule has 0 aliphatic carbocycles. The number of rotatable bonds is 7. The Kier molecular flexibility index (Phi) is 6.21. The summed E-state index contributed by atoms with van der Waals surface area (Å²) in [5.41, 5.74) is 2.29. The van der Waals surface area contributed by atoms with E-state index >= 15 is 0 Å². The lowest BCUT2D eigenvalue weighted by molar-refractivity contribution is 0.248. The summed E-state index contributed by atoms with van der Waals surface area (Å²) in [4.78, 5) is 13.5. The number of halogens is 1. The fourth-order valence-electron chi connectivity index (χ4n) is 2.49. The molecule has 3 rings (SSSR count). The van der Waals surface area contributed by atoms with Gasteiger partial charge in [0.25, 0.3) is 0 Å². The second-order valence-electron chi connectivity index (χ2n) is 6.49. The van der Waals surface area contributed by atoms with Crippen molar-refractivity contribution >= 4 is 29.1 Å². The molecule has 27 heavy (non-hydrogen) atoms. The van der Waals surface area contributed by atoms with Gasteiger partial charge in [-0.25, -0.2) is 4.98 Å². The van der Waals surface area contributed by atoms with Crippen LogP contribution in [0.4, 0.5) is 17.5 Å². The summed E-state index contributed by atoms with van der Waals surface area (Å²) in [5, 5.41) is 16.8. The lowest BCUT2D eigenvalue weighted by atomic mass is 10.1. The maximum atomic E-state index is 9.62. The molecule has 7 heteroatoms. The van der Waals surface area contributed by atoms with Gasteiger partial charge >= 0.3 is 0 Å². The van der Waals surface area contributed by atoms with Gasteiger partial charge in [-0.2, -0.15) is 4.98 Å². The molecule has 0 radical (unpaired) electrons. The predicted molar refractivity (Wildman–Crippen MR) is 109 cm³/mol. The molecule has 2 aromatic heterocycles. The van der Waals surface area contributed by atoms with Crippen LogP contribution in [0.5, 0.6) is 0 Å². The van der Waals surface area contributed by atoms with Gasteiger partial charge in [-0.05, 0) is 42.3 Å². The molecule has 140 valence electrons. The Morgan fingerprint density at radius 1 is 1.04 bits per heavy atom. The first-order chi connectivity index (χ1) is 13.0. The lowest BCUT2D eigenvalue weighted by Crippen LogP contribution is -2.30. The van der Waals surface area contributed by atoms with Gasteiger partial charge in [-0.15, -0.1) is 0 Å². The zero-order valence-corrected chi connectivity index (χ0v) is 16.0. The van der Waals surface area contributed by atoms with Crippen molar-refractivity contribution in [2.45, 2.75) is 19.9 Å². The summed E-state index contributed by atoms with van der Waals surface area (Å²) in [7, 11) is 0. The Bertz CT molecular complexity index is 871. The van der Waals surface area contributed by atoms with Crippen LogP contribution in [0.2, 0.25) is 5.02 Å². The number of benzene rings is 1. The third kappa shape index (κ3) is 5.15. The average Bonchev–Trinajstić information content (AvgIpc) is 2.68. The van der Waals surface area contributed by atoms with Crippen molar-refractivity contribution < 1.29 is 5.11 Å². The highest BCUT2D eigenvalue weighted by Crippen LogP contribution is 2.24. The van der Waals surface area contributed by atoms with E-state index < -0.39 is 0 Å². The van der Waals surface area contributed by atoms with Crippen LogP contribution in [0.3, 0.4) is 0 Å². The van der Waals surface area contributed by atoms with Gasteiger partial charge in [0.1, 0.15) is 5.82 Å². The first-order valence-electron chi connectivity index (χ1n) is 8.75. The number of aromatic nitrogens is 3. The minimum atomic E-state index is -0.146. The second-order valence-corrected chi connectivity index (χ2v) is 6.92. The number of anilines is 3. The van der Waals surface area contributed by atoms with Crippen molar-refractivity contribution in [1.82, 2.24) is 15.0 Å². The summed E-state index contributed by atoms with van der Waals surface area (Å²) >= 11 is 5.95. The van der Waals surface area contributed by atoms with Gasteiger partial charge in [0.15, 0.2) is 0 Å². The van der Waals surface area contributed by atoms with Crippen LogP contribution in [-0.2, 0) is 0 Å². The monoisotopic (exact) mass is 383 g/mol. The van der Waals surface area contributed by atoms with Crippen LogP contribution in [0, 0.1) is 5.92 Å². The Morgan fingerprint density at radius 3 is 2.44 bits per heavy atom. The zero-order chi connectivity index (χ0) is 19.2. The van der Waals surface area contributed by atoms with E-state index in [-0.39, 0.29) is 18.6 Å². The average molecular weight is 384 g/mol. The van der Waals surface area contributed by atoms with Crippen LogP contribution in [0.25, 0.3) is 11.4 Å². The predicted octanol–water partition coefficient (Wildman–Crippen LogP) is 4.36.